The van der Waals surface area contributed by atoms with Crippen LogP contribution in [0.4, 0.5) is 0 Å². The van der Waals surface area contributed by atoms with E-state index in [0.717, 1.165) is 25.7 Å². The van der Waals surface area contributed by atoms with E-state index in [9.17, 15) is 4.79 Å². The first-order valence-electron chi connectivity index (χ1n) is 6.07. The van der Waals surface area contributed by atoms with E-state index < -0.39 is 0 Å². The molecule has 1 aliphatic rings. The maximum Gasteiger partial charge on any atom is 0.237 e. The molecule has 1 rings (SSSR count). The first kappa shape index (κ1) is 12.5. The number of hydrogen-bond donors (Lipinski definition) is 2. The number of rotatable bonds is 5. The molecule has 0 aromatic rings. The Bertz CT molecular complexity index is 216. The predicted octanol–water partition coefficient (Wildman–Crippen LogP) is 1.81. The largest absolute Gasteiger partial charge is 0.349 e. The lowest BCUT2D eigenvalue weighted by molar-refractivity contribution is -0.125. The van der Waals surface area contributed by atoms with Crippen LogP contribution in [0.1, 0.15) is 52.9 Å². The van der Waals surface area contributed by atoms with Crippen LogP contribution in [0.5, 0.6) is 0 Å². The number of nitrogens with two attached hydrogens (primary N) is 1. The summed E-state index contributed by atoms with van der Waals surface area (Å²) in [5, 5.41) is 3.12. The number of carbonyl (C=O) groups is 1. The van der Waals surface area contributed by atoms with Crippen molar-refractivity contribution in [2.24, 2.45) is 11.7 Å². The third kappa shape index (κ3) is 3.20. The second-order valence-electron chi connectivity index (χ2n) is 5.21. The molecule has 1 saturated carbocycles. The fourth-order valence-electron chi connectivity index (χ4n) is 2.14. The molecule has 0 aromatic heterocycles. The molecule has 1 amide bonds. The maximum absolute atomic E-state index is 11.8. The third-order valence-corrected chi connectivity index (χ3v) is 3.44. The Kier molecular flexibility index (Phi) is 4.14. The van der Waals surface area contributed by atoms with Gasteiger partial charge in [-0.2, -0.15) is 0 Å². The molecule has 0 spiro atoms. The number of hydrogen-bond acceptors (Lipinski definition) is 2. The van der Waals surface area contributed by atoms with Crippen LogP contribution in [0, 0.1) is 5.92 Å². The van der Waals surface area contributed by atoms with Crippen LogP contribution in [0.2, 0.25) is 0 Å². The minimum Gasteiger partial charge on any atom is -0.349 e. The monoisotopic (exact) mass is 212 g/mol. The molecular weight excluding hydrogens is 188 g/mol. The zero-order valence-electron chi connectivity index (χ0n) is 10.2. The van der Waals surface area contributed by atoms with Crippen molar-refractivity contribution < 1.29 is 4.79 Å². The first-order valence-corrected chi connectivity index (χ1v) is 6.07. The summed E-state index contributed by atoms with van der Waals surface area (Å²) in [6, 6.07) is -0.339. The quantitative estimate of drug-likeness (QED) is 0.730. The highest BCUT2D eigenvalue weighted by Gasteiger charge is 2.37. The van der Waals surface area contributed by atoms with Crippen LogP contribution in [-0.2, 0) is 4.79 Å². The lowest BCUT2D eigenvalue weighted by atomic mass is 9.74. The molecule has 15 heavy (non-hydrogen) atoms. The van der Waals surface area contributed by atoms with Gasteiger partial charge in [0.2, 0.25) is 5.91 Å². The predicted molar refractivity (Wildman–Crippen MR) is 62.4 cm³/mol. The van der Waals surface area contributed by atoms with Crippen molar-refractivity contribution in [3.8, 4) is 0 Å². The molecule has 88 valence electrons. The summed E-state index contributed by atoms with van der Waals surface area (Å²) >= 11 is 0. The van der Waals surface area contributed by atoms with E-state index in [1.54, 1.807) is 0 Å². The molecule has 0 aromatic carbocycles. The van der Waals surface area contributed by atoms with E-state index in [-0.39, 0.29) is 17.5 Å². The Morgan fingerprint density at radius 1 is 1.47 bits per heavy atom. The Labute approximate surface area is 92.8 Å². The van der Waals surface area contributed by atoms with Crippen molar-refractivity contribution in [3.05, 3.63) is 0 Å². The summed E-state index contributed by atoms with van der Waals surface area (Å²) in [6.07, 6.45) is 5.25. The van der Waals surface area contributed by atoms with Gasteiger partial charge in [0.1, 0.15) is 0 Å². The minimum atomic E-state index is -0.339. The Morgan fingerprint density at radius 2 is 2.07 bits per heavy atom. The lowest BCUT2D eigenvalue weighted by Gasteiger charge is -2.42. The molecule has 0 saturated heterocycles. The van der Waals surface area contributed by atoms with E-state index in [1.165, 1.54) is 6.42 Å². The van der Waals surface area contributed by atoms with Gasteiger partial charge in [0.15, 0.2) is 0 Å². The fraction of sp³-hybridized carbons (Fsp3) is 0.917. The van der Waals surface area contributed by atoms with E-state index in [0.29, 0.717) is 5.92 Å². The van der Waals surface area contributed by atoms with Crippen LogP contribution in [0.25, 0.3) is 0 Å². The highest BCUT2D eigenvalue weighted by molar-refractivity contribution is 5.82. The van der Waals surface area contributed by atoms with Crippen LogP contribution in [0.15, 0.2) is 0 Å². The fourth-order valence-corrected chi connectivity index (χ4v) is 2.14. The van der Waals surface area contributed by atoms with Gasteiger partial charge in [-0.05, 0) is 38.0 Å². The maximum atomic E-state index is 11.8. The number of amides is 1. The third-order valence-electron chi connectivity index (χ3n) is 3.44. The summed E-state index contributed by atoms with van der Waals surface area (Å²) in [7, 11) is 0. The van der Waals surface area contributed by atoms with Crippen molar-refractivity contribution in [2.75, 3.05) is 0 Å². The van der Waals surface area contributed by atoms with Crippen LogP contribution >= 0.6 is 0 Å². The molecule has 3 N–H and O–H groups in total. The first-order chi connectivity index (χ1) is 6.99. The summed E-state index contributed by atoms with van der Waals surface area (Å²) in [4.78, 5) is 11.8. The van der Waals surface area contributed by atoms with Crippen LogP contribution in [0.3, 0.4) is 0 Å². The zero-order valence-corrected chi connectivity index (χ0v) is 10.2. The van der Waals surface area contributed by atoms with Gasteiger partial charge in [0.25, 0.3) is 0 Å². The van der Waals surface area contributed by atoms with Crippen molar-refractivity contribution in [3.63, 3.8) is 0 Å². The lowest BCUT2D eigenvalue weighted by Crippen LogP contribution is -2.57. The van der Waals surface area contributed by atoms with Gasteiger partial charge >= 0.3 is 0 Å². The van der Waals surface area contributed by atoms with Gasteiger partial charge in [-0.25, -0.2) is 0 Å². The van der Waals surface area contributed by atoms with E-state index in [2.05, 4.69) is 26.1 Å². The summed E-state index contributed by atoms with van der Waals surface area (Å²) in [5.74, 6) is 0.509. The van der Waals surface area contributed by atoms with Gasteiger partial charge in [-0.3, -0.25) is 4.79 Å². The SMILES string of the molecule is CCC1(NC(=O)C(N)CC(C)C)CCC1. The Balaban J connectivity index is 2.40. The molecule has 3 nitrogen and oxygen atoms in total. The molecule has 1 unspecified atom stereocenters. The standard InChI is InChI=1S/C12H24N2O/c1-4-12(6-5-7-12)14-11(15)10(13)8-9(2)3/h9-10H,4-8,13H2,1-3H3,(H,14,15). The van der Waals surface area contributed by atoms with E-state index in [1.807, 2.05) is 0 Å². The highest BCUT2D eigenvalue weighted by Crippen LogP contribution is 2.34. The molecule has 0 heterocycles. The summed E-state index contributed by atoms with van der Waals surface area (Å²) in [6.45, 7) is 6.31. The minimum absolute atomic E-state index is 0.0326. The topological polar surface area (TPSA) is 55.1 Å². The van der Waals surface area contributed by atoms with Gasteiger partial charge in [-0.15, -0.1) is 0 Å². The Morgan fingerprint density at radius 3 is 2.40 bits per heavy atom. The smallest absolute Gasteiger partial charge is 0.237 e. The van der Waals surface area contributed by atoms with Gasteiger partial charge < -0.3 is 11.1 Å². The van der Waals surface area contributed by atoms with Crippen LogP contribution < -0.4 is 11.1 Å². The molecule has 0 bridgehead atoms. The van der Waals surface area contributed by atoms with Gasteiger partial charge in [0, 0.05) is 5.54 Å². The average Bonchev–Trinajstić information content (AvgIpc) is 2.09. The van der Waals surface area contributed by atoms with Crippen molar-refractivity contribution in [1.29, 1.82) is 0 Å². The molecule has 0 radical (unpaired) electrons. The van der Waals surface area contributed by atoms with Crippen LogP contribution in [-0.4, -0.2) is 17.5 Å². The van der Waals surface area contributed by atoms with E-state index >= 15 is 0 Å². The second kappa shape index (κ2) is 4.97. The molecule has 1 aliphatic carbocycles. The number of carbonyl (C=O) groups excluding carboxylic acids is 1. The molecule has 1 atom stereocenters. The summed E-state index contributed by atoms with van der Waals surface area (Å²) < 4.78 is 0. The average molecular weight is 212 g/mol. The van der Waals surface area contributed by atoms with Gasteiger partial charge in [-0.1, -0.05) is 20.8 Å². The summed E-state index contributed by atoms with van der Waals surface area (Å²) in [5.41, 5.74) is 5.92. The van der Waals surface area contributed by atoms with Crippen molar-refractivity contribution in [2.45, 2.75) is 64.5 Å². The van der Waals surface area contributed by atoms with Crippen molar-refractivity contribution in [1.82, 2.24) is 5.32 Å². The normalized spacial score (nSPS) is 20.9. The molecular formula is C12H24N2O. The number of nitrogens with one attached hydrogen (secondary N) is 1. The van der Waals surface area contributed by atoms with Crippen molar-refractivity contribution >= 4 is 5.91 Å². The van der Waals surface area contributed by atoms with E-state index in [4.69, 9.17) is 5.73 Å². The molecule has 3 heteroatoms. The molecule has 1 fully saturated rings. The second-order valence-corrected chi connectivity index (χ2v) is 5.21. The van der Waals surface area contributed by atoms with Gasteiger partial charge in [0.05, 0.1) is 6.04 Å². The Hall–Kier alpha value is -0.570. The highest BCUT2D eigenvalue weighted by atomic mass is 16.2. The molecule has 0 aliphatic heterocycles. The zero-order chi connectivity index (χ0) is 11.5.